The van der Waals surface area contributed by atoms with Gasteiger partial charge in [-0.2, -0.15) is 0 Å². The Kier molecular flexibility index (Phi) is 15.4. The summed E-state index contributed by atoms with van der Waals surface area (Å²) in [6.07, 6.45) is 13.9. The summed E-state index contributed by atoms with van der Waals surface area (Å²) in [7, 11) is 5.75. The average Bonchev–Trinajstić information content (AvgIpc) is 2.58. The lowest BCUT2D eigenvalue weighted by Crippen LogP contribution is -2.45. The van der Waals surface area contributed by atoms with Crippen LogP contribution in [0.4, 0.5) is 0 Å². The molecule has 0 aliphatic heterocycles. The van der Waals surface area contributed by atoms with Crippen molar-refractivity contribution in [2.45, 2.75) is 103 Å². The fourth-order valence-electron chi connectivity index (χ4n) is 3.60. The van der Waals surface area contributed by atoms with E-state index in [0.717, 1.165) is 12.8 Å². The van der Waals surface area contributed by atoms with Crippen molar-refractivity contribution in [3.05, 3.63) is 0 Å². The molecule has 0 fully saturated rings. The summed E-state index contributed by atoms with van der Waals surface area (Å²) in [5, 5.41) is 19.5. The summed E-state index contributed by atoms with van der Waals surface area (Å²) in [5.41, 5.74) is 0. The molecule has 28 heavy (non-hydrogen) atoms. The van der Waals surface area contributed by atoms with Gasteiger partial charge in [-0.15, -0.1) is 0 Å². The normalized spacial score (nSPS) is 14.0. The molecule has 0 bridgehead atoms. The predicted molar refractivity (Wildman–Crippen MR) is 115 cm³/mol. The lowest BCUT2D eigenvalue weighted by molar-refractivity contribution is -0.874. The van der Waals surface area contributed by atoms with Crippen LogP contribution in [0.1, 0.15) is 96.8 Å². The zero-order chi connectivity index (χ0) is 21.4. The van der Waals surface area contributed by atoms with Crippen molar-refractivity contribution in [1.29, 1.82) is 0 Å². The van der Waals surface area contributed by atoms with E-state index < -0.39 is 18.0 Å². The van der Waals surface area contributed by atoms with E-state index in [1.807, 2.05) is 21.1 Å². The monoisotopic (exact) mass is 400 g/mol. The number of carboxylic acid groups (broad SMARTS) is 1. The Balaban J connectivity index is 3.78. The Morgan fingerprint density at radius 1 is 0.786 bits per heavy atom. The third kappa shape index (κ3) is 16.1. The Hall–Kier alpha value is -0.940. The number of aliphatic hydroxyl groups is 1. The number of Topliss-reactive ketones (excluding diaryl/α,β-unsaturated/α-hetero) is 1. The molecule has 0 rings (SSSR count). The van der Waals surface area contributed by atoms with Crippen molar-refractivity contribution >= 4 is 11.8 Å². The van der Waals surface area contributed by atoms with Crippen molar-refractivity contribution < 1.29 is 24.3 Å². The van der Waals surface area contributed by atoms with Gasteiger partial charge in [-0.3, -0.25) is 9.59 Å². The fourth-order valence-corrected chi connectivity index (χ4v) is 3.60. The Bertz CT molecular complexity index is 417. The second kappa shape index (κ2) is 15.9. The van der Waals surface area contributed by atoms with Crippen LogP contribution in [0.5, 0.6) is 0 Å². The van der Waals surface area contributed by atoms with Crippen LogP contribution in [0.3, 0.4) is 0 Å². The molecule has 0 heterocycles. The maximum atomic E-state index is 12.1. The Morgan fingerprint density at radius 2 is 1.25 bits per heavy atom. The standard InChI is InChI=1S/C23H45NO4/c1-5-6-7-8-9-10-11-12-13-14-15-16-20(25)17-18-21(23(27)28)22(26)19-24(2,3)4/h21-22,26H,5-19H2,1-4H3/p+1. The number of carbonyl (C=O) groups is 2. The lowest BCUT2D eigenvalue weighted by Gasteiger charge is -2.29. The number of unbranched alkanes of at least 4 members (excludes halogenated alkanes) is 10. The van der Waals surface area contributed by atoms with Gasteiger partial charge >= 0.3 is 5.97 Å². The molecular formula is C23H46NO4+. The number of rotatable bonds is 19. The van der Waals surface area contributed by atoms with Crippen molar-refractivity contribution in [3.8, 4) is 0 Å². The number of aliphatic carboxylic acids is 1. The average molecular weight is 401 g/mol. The molecular weight excluding hydrogens is 354 g/mol. The zero-order valence-electron chi connectivity index (χ0n) is 18.9. The van der Waals surface area contributed by atoms with Crippen molar-refractivity contribution in [3.63, 3.8) is 0 Å². The molecule has 0 amide bonds. The summed E-state index contributed by atoms with van der Waals surface area (Å²) >= 11 is 0. The fraction of sp³-hybridized carbons (Fsp3) is 0.913. The van der Waals surface area contributed by atoms with Crippen molar-refractivity contribution in [2.24, 2.45) is 5.92 Å². The first kappa shape index (κ1) is 27.1. The van der Waals surface area contributed by atoms with Crippen molar-refractivity contribution in [2.75, 3.05) is 27.7 Å². The predicted octanol–water partition coefficient (Wildman–Crippen LogP) is 4.80. The van der Waals surface area contributed by atoms with Crippen LogP contribution in [-0.4, -0.2) is 60.2 Å². The molecule has 2 unspecified atom stereocenters. The summed E-state index contributed by atoms with van der Waals surface area (Å²) in [5.74, 6) is -1.75. The summed E-state index contributed by atoms with van der Waals surface area (Å²) in [6.45, 7) is 2.61. The summed E-state index contributed by atoms with van der Waals surface area (Å²) in [4.78, 5) is 23.5. The van der Waals surface area contributed by atoms with E-state index in [2.05, 4.69) is 6.92 Å². The smallest absolute Gasteiger partial charge is 0.309 e. The van der Waals surface area contributed by atoms with E-state index in [4.69, 9.17) is 0 Å². The Labute approximate surface area is 173 Å². The molecule has 5 heteroatoms. The molecule has 0 radical (unpaired) electrons. The maximum Gasteiger partial charge on any atom is 0.309 e. The second-order valence-corrected chi connectivity index (χ2v) is 9.35. The number of quaternary nitrogens is 1. The first-order valence-corrected chi connectivity index (χ1v) is 11.4. The van der Waals surface area contributed by atoms with Gasteiger partial charge in [0.25, 0.3) is 0 Å². The molecule has 0 aliphatic carbocycles. The van der Waals surface area contributed by atoms with Crippen LogP contribution in [0.25, 0.3) is 0 Å². The largest absolute Gasteiger partial charge is 0.481 e. The van der Waals surface area contributed by atoms with Gasteiger partial charge in [0.2, 0.25) is 0 Å². The topological polar surface area (TPSA) is 74.6 Å². The number of hydrogen-bond donors (Lipinski definition) is 2. The quantitative estimate of drug-likeness (QED) is 0.241. The number of aliphatic hydroxyl groups excluding tert-OH is 1. The second-order valence-electron chi connectivity index (χ2n) is 9.35. The van der Waals surface area contributed by atoms with Gasteiger partial charge in [0.15, 0.2) is 0 Å². The first-order valence-electron chi connectivity index (χ1n) is 11.4. The van der Waals surface area contributed by atoms with Crippen LogP contribution >= 0.6 is 0 Å². The minimum absolute atomic E-state index is 0.125. The number of carbonyl (C=O) groups excluding carboxylic acids is 1. The van der Waals surface area contributed by atoms with E-state index in [1.54, 1.807) is 0 Å². The van der Waals surface area contributed by atoms with E-state index in [-0.39, 0.29) is 18.6 Å². The first-order chi connectivity index (χ1) is 13.2. The molecule has 166 valence electrons. The number of likely N-dealkylation sites (N-methyl/N-ethyl adjacent to an activating group) is 1. The third-order valence-electron chi connectivity index (χ3n) is 5.31. The molecule has 2 N–H and O–H groups in total. The van der Waals surface area contributed by atoms with Gasteiger partial charge in [-0.05, 0) is 12.8 Å². The molecule has 0 saturated carbocycles. The number of carboxylic acids is 1. The molecule has 5 nitrogen and oxygen atoms in total. The number of nitrogens with zero attached hydrogens (tertiary/aromatic N) is 1. The van der Waals surface area contributed by atoms with Gasteiger partial charge in [-0.25, -0.2) is 0 Å². The molecule has 0 aromatic rings. The highest BCUT2D eigenvalue weighted by atomic mass is 16.4. The highest BCUT2D eigenvalue weighted by Gasteiger charge is 2.30. The van der Waals surface area contributed by atoms with E-state index >= 15 is 0 Å². The van der Waals surface area contributed by atoms with Gasteiger partial charge < -0.3 is 14.7 Å². The molecule has 0 aromatic carbocycles. The minimum Gasteiger partial charge on any atom is -0.481 e. The van der Waals surface area contributed by atoms with Crippen LogP contribution < -0.4 is 0 Å². The minimum atomic E-state index is -1.01. The van der Waals surface area contributed by atoms with E-state index in [0.29, 0.717) is 17.4 Å². The zero-order valence-corrected chi connectivity index (χ0v) is 18.9. The van der Waals surface area contributed by atoms with Crippen LogP contribution in [0.2, 0.25) is 0 Å². The van der Waals surface area contributed by atoms with E-state index in [9.17, 15) is 19.8 Å². The van der Waals surface area contributed by atoms with Gasteiger partial charge in [0, 0.05) is 12.8 Å². The van der Waals surface area contributed by atoms with Crippen molar-refractivity contribution in [1.82, 2.24) is 0 Å². The lowest BCUT2D eigenvalue weighted by atomic mass is 9.93. The number of ketones is 1. The van der Waals surface area contributed by atoms with E-state index in [1.165, 1.54) is 57.8 Å². The highest BCUT2D eigenvalue weighted by molar-refractivity contribution is 5.79. The van der Waals surface area contributed by atoms with Crippen LogP contribution in [-0.2, 0) is 9.59 Å². The van der Waals surface area contributed by atoms with Crippen LogP contribution in [0.15, 0.2) is 0 Å². The van der Waals surface area contributed by atoms with Gasteiger partial charge in [0.05, 0.1) is 27.1 Å². The van der Waals surface area contributed by atoms with Crippen LogP contribution in [0, 0.1) is 5.92 Å². The molecule has 0 aromatic heterocycles. The highest BCUT2D eigenvalue weighted by Crippen LogP contribution is 2.17. The summed E-state index contributed by atoms with van der Waals surface area (Å²) < 4.78 is 0.498. The number of hydrogen-bond acceptors (Lipinski definition) is 3. The summed E-state index contributed by atoms with van der Waals surface area (Å²) in [6, 6.07) is 0. The molecule has 0 saturated heterocycles. The third-order valence-corrected chi connectivity index (χ3v) is 5.31. The molecule has 0 aliphatic rings. The Morgan fingerprint density at radius 3 is 1.68 bits per heavy atom. The van der Waals surface area contributed by atoms with Gasteiger partial charge in [0.1, 0.15) is 18.4 Å². The SMILES string of the molecule is CCCCCCCCCCCCCC(=O)CCC(C(=O)O)C(O)C[N+](C)(C)C. The molecule has 0 spiro atoms. The maximum absolute atomic E-state index is 12.1. The van der Waals surface area contributed by atoms with Gasteiger partial charge in [-0.1, -0.05) is 71.1 Å². The molecule has 2 atom stereocenters.